The van der Waals surface area contributed by atoms with E-state index in [0.717, 1.165) is 4.90 Å². The summed E-state index contributed by atoms with van der Waals surface area (Å²) in [6, 6.07) is 38.9. The lowest BCUT2D eigenvalue weighted by molar-refractivity contribution is -0.384. The minimum absolute atomic E-state index is 0.0571. The number of non-ortho nitro benzene ring substituents is 1. The number of carbonyl (C=O) groups is 4. The molecule has 67 heavy (non-hydrogen) atoms. The molecule has 15 heteroatoms. The molecule has 3 N–H and O–H groups in total. The fourth-order valence-corrected chi connectivity index (χ4v) is 9.68. The number of aliphatic hydroxyl groups is 1. The maximum atomic E-state index is 16.2. The van der Waals surface area contributed by atoms with E-state index < -0.39 is 64.4 Å². The summed E-state index contributed by atoms with van der Waals surface area (Å²) in [6.45, 7) is -0.729. The number of benzene rings is 6. The molecule has 1 spiro atoms. The molecule has 6 atom stereocenters. The Balaban J connectivity index is 1.29. The van der Waals surface area contributed by atoms with E-state index in [-0.39, 0.29) is 36.8 Å². The summed E-state index contributed by atoms with van der Waals surface area (Å²) >= 11 is 0. The number of hydrogen-bond donors (Lipinski definition) is 2. The van der Waals surface area contributed by atoms with Crippen molar-refractivity contribution < 1.29 is 48.2 Å². The molecule has 2 saturated heterocycles. The smallest absolute Gasteiger partial charge is 0.421 e. The number of ether oxygens (including phenoxy) is 4. The molecule has 0 aromatic heterocycles. The minimum Gasteiger partial charge on any atom is -0.497 e. The Kier molecular flexibility index (Phi) is 12.0. The van der Waals surface area contributed by atoms with Gasteiger partial charge >= 0.3 is 12.1 Å². The van der Waals surface area contributed by atoms with Crippen LogP contribution in [0.1, 0.15) is 57.1 Å². The number of nitro groups is 1. The highest BCUT2D eigenvalue weighted by Crippen LogP contribution is 2.66. The second-order valence-electron chi connectivity index (χ2n) is 16.1. The molecule has 6 aromatic carbocycles. The lowest BCUT2D eigenvalue weighted by atomic mass is 9.65. The number of morpholine rings is 1. The van der Waals surface area contributed by atoms with Crippen molar-refractivity contribution in [2.75, 3.05) is 25.2 Å². The van der Waals surface area contributed by atoms with Crippen molar-refractivity contribution in [3.63, 3.8) is 0 Å². The number of hydrogen-bond acceptors (Lipinski definition) is 12. The monoisotopic (exact) mass is 898 g/mol. The Labute approximate surface area is 384 Å². The number of cyclic esters (lactones) is 1. The Hall–Kier alpha value is -8.32. The SMILES string of the molecule is COc1ccc(C#Cc2ccc3c(c2)[C@]2(C(=O)N3C(=O)OCc3ccc([N+](=O)[O-])cc3)[C@H](C(N)=O)[C@H]3C(=O)O[C@H](c4ccccc4)[C@H](c4ccccc4)N3[C@@H]2c2cccc(OCCO)c2)cc1. The third-order valence-corrected chi connectivity index (χ3v) is 12.4. The van der Waals surface area contributed by atoms with Crippen LogP contribution < -0.4 is 20.1 Å². The van der Waals surface area contributed by atoms with Crippen molar-refractivity contribution in [1.82, 2.24) is 4.90 Å². The first-order valence-corrected chi connectivity index (χ1v) is 21.3. The molecule has 3 aliphatic rings. The lowest BCUT2D eigenvalue weighted by Gasteiger charge is -2.46. The zero-order valence-corrected chi connectivity index (χ0v) is 35.9. The van der Waals surface area contributed by atoms with Crippen molar-refractivity contribution >= 4 is 35.3 Å². The molecule has 6 aromatic rings. The maximum Gasteiger partial charge on any atom is 0.421 e. The van der Waals surface area contributed by atoms with Crippen LogP contribution in [0.15, 0.2) is 152 Å². The van der Waals surface area contributed by atoms with E-state index in [1.807, 2.05) is 65.6 Å². The van der Waals surface area contributed by atoms with Crippen molar-refractivity contribution in [2.45, 2.75) is 36.3 Å². The molecular formula is C52H42N4O11. The standard InChI is InChI=1S/C52H42N4O11/c1-64-39-24-19-32(20-25-39)15-16-33-21-26-42-41(29-33)52(50(60)54(42)51(61)66-31-34-17-22-38(23-18-34)56(62)63)43(48(53)58)45-49(59)67-46(36-11-6-3-7-12-36)44(35-9-4-2-5-10-35)55(45)47(52)37-13-8-14-40(30-37)65-28-27-57/h2-14,17-26,29-30,43-47,57H,27-28,31H2,1H3,(H2,53,58)/t43-,44-,45-,46+,47+,52-/m0/s1. The summed E-state index contributed by atoms with van der Waals surface area (Å²) < 4.78 is 23.4. The number of amides is 3. The van der Waals surface area contributed by atoms with Crippen LogP contribution in [0.25, 0.3) is 0 Å². The molecule has 9 rings (SSSR count). The largest absolute Gasteiger partial charge is 0.497 e. The molecule has 3 aliphatic heterocycles. The first-order chi connectivity index (χ1) is 32.5. The number of primary amides is 1. The number of nitro benzene ring substituents is 1. The first kappa shape index (κ1) is 43.9. The fourth-order valence-electron chi connectivity index (χ4n) is 9.68. The van der Waals surface area contributed by atoms with Gasteiger partial charge in [0, 0.05) is 23.3 Å². The molecule has 2 fully saturated rings. The Morgan fingerprint density at radius 1 is 0.791 bits per heavy atom. The Bertz CT molecular complexity index is 2940. The van der Waals surface area contributed by atoms with E-state index >= 15 is 4.79 Å². The first-order valence-electron chi connectivity index (χ1n) is 21.3. The van der Waals surface area contributed by atoms with Gasteiger partial charge in [-0.1, -0.05) is 84.6 Å². The highest BCUT2D eigenvalue weighted by atomic mass is 16.6. The fraction of sp³-hybridized carbons (Fsp3) is 0.192. The number of imide groups is 1. The predicted molar refractivity (Wildman–Crippen MR) is 242 cm³/mol. The second-order valence-corrected chi connectivity index (χ2v) is 16.1. The van der Waals surface area contributed by atoms with Gasteiger partial charge in [0.05, 0.1) is 42.3 Å². The molecule has 0 bridgehead atoms. The number of esters is 1. The van der Waals surface area contributed by atoms with E-state index in [9.17, 15) is 29.6 Å². The van der Waals surface area contributed by atoms with Crippen molar-refractivity contribution in [3.05, 3.63) is 201 Å². The van der Waals surface area contributed by atoms with Gasteiger partial charge in [-0.2, -0.15) is 0 Å². The molecular weight excluding hydrogens is 857 g/mol. The minimum atomic E-state index is -2.15. The summed E-state index contributed by atoms with van der Waals surface area (Å²) in [5.74, 6) is 2.86. The van der Waals surface area contributed by atoms with Crippen molar-refractivity contribution in [2.24, 2.45) is 11.7 Å². The number of nitrogens with zero attached hydrogens (tertiary/aromatic N) is 3. The zero-order valence-electron chi connectivity index (χ0n) is 35.9. The average molecular weight is 899 g/mol. The topological polar surface area (TPSA) is 201 Å². The highest BCUT2D eigenvalue weighted by molar-refractivity contribution is 6.23. The third-order valence-electron chi connectivity index (χ3n) is 12.4. The maximum absolute atomic E-state index is 16.2. The van der Waals surface area contributed by atoms with Gasteiger partial charge in [-0.3, -0.25) is 29.4 Å². The predicted octanol–water partition coefficient (Wildman–Crippen LogP) is 6.86. The van der Waals surface area contributed by atoms with Gasteiger partial charge in [0.15, 0.2) is 0 Å². The van der Waals surface area contributed by atoms with Gasteiger partial charge in [0.25, 0.3) is 5.69 Å². The number of methoxy groups -OCH3 is 1. The zero-order chi connectivity index (χ0) is 46.8. The van der Waals surface area contributed by atoms with Crippen LogP contribution in [0.2, 0.25) is 0 Å². The van der Waals surface area contributed by atoms with Crippen LogP contribution in [0, 0.1) is 27.9 Å². The van der Waals surface area contributed by atoms with Gasteiger partial charge in [0.1, 0.15) is 42.3 Å². The number of nitrogens with two attached hydrogens (primary N) is 1. The molecule has 0 radical (unpaired) electrons. The van der Waals surface area contributed by atoms with E-state index in [2.05, 4.69) is 11.8 Å². The summed E-state index contributed by atoms with van der Waals surface area (Å²) in [4.78, 5) is 73.8. The van der Waals surface area contributed by atoms with Gasteiger partial charge in [-0.25, -0.2) is 9.69 Å². The summed E-state index contributed by atoms with van der Waals surface area (Å²) in [7, 11) is 1.56. The van der Waals surface area contributed by atoms with Crippen LogP contribution in [-0.2, 0) is 35.9 Å². The van der Waals surface area contributed by atoms with E-state index in [0.29, 0.717) is 44.9 Å². The number of fused-ring (bicyclic) bond motifs is 3. The molecule has 0 unspecified atom stereocenters. The van der Waals surface area contributed by atoms with E-state index in [1.54, 1.807) is 73.8 Å². The lowest BCUT2D eigenvalue weighted by Crippen LogP contribution is -2.55. The van der Waals surface area contributed by atoms with Gasteiger partial charge < -0.3 is 29.8 Å². The normalized spacial score (nSPS) is 21.6. The van der Waals surface area contributed by atoms with E-state index in [4.69, 9.17) is 24.7 Å². The molecule has 0 saturated carbocycles. The van der Waals surface area contributed by atoms with Crippen LogP contribution in [0.3, 0.4) is 0 Å². The molecule has 0 aliphatic carbocycles. The number of carbonyl (C=O) groups excluding carboxylic acids is 4. The third kappa shape index (κ3) is 7.88. The molecule has 336 valence electrons. The number of anilines is 1. The molecule has 3 heterocycles. The van der Waals surface area contributed by atoms with Crippen molar-refractivity contribution in [1.29, 1.82) is 0 Å². The molecule has 3 amide bonds. The van der Waals surface area contributed by atoms with Crippen molar-refractivity contribution in [3.8, 4) is 23.3 Å². The average Bonchev–Trinajstić information content (AvgIpc) is 3.81. The highest BCUT2D eigenvalue weighted by Gasteiger charge is 2.75. The van der Waals surface area contributed by atoms with Crippen LogP contribution in [0.5, 0.6) is 11.5 Å². The molecule has 15 nitrogen and oxygen atoms in total. The van der Waals surface area contributed by atoms with Crippen LogP contribution >= 0.6 is 0 Å². The van der Waals surface area contributed by atoms with Gasteiger partial charge in [-0.05, 0) is 94.5 Å². The quantitative estimate of drug-likeness (QED) is 0.0593. The van der Waals surface area contributed by atoms with Crippen LogP contribution in [0.4, 0.5) is 16.2 Å². The Morgan fingerprint density at radius 3 is 2.10 bits per heavy atom. The van der Waals surface area contributed by atoms with Gasteiger partial charge in [0.2, 0.25) is 11.8 Å². The summed E-state index contributed by atoms with van der Waals surface area (Å²) in [5.41, 5.74) is 7.61. The van der Waals surface area contributed by atoms with E-state index in [1.165, 1.54) is 24.3 Å². The van der Waals surface area contributed by atoms with Gasteiger partial charge in [-0.15, -0.1) is 0 Å². The summed E-state index contributed by atoms with van der Waals surface area (Å²) in [6.07, 6.45) is -2.08. The Morgan fingerprint density at radius 2 is 1.45 bits per heavy atom. The van der Waals surface area contributed by atoms with Crippen LogP contribution in [-0.4, -0.2) is 65.2 Å². The number of aliphatic hydroxyl groups excluding tert-OH is 1. The number of rotatable bonds is 11. The second kappa shape index (κ2) is 18.3. The summed E-state index contributed by atoms with van der Waals surface area (Å²) in [5, 5.41) is 21.1.